The first-order valence-electron chi connectivity index (χ1n) is 9.20. The van der Waals surface area contributed by atoms with Gasteiger partial charge in [0, 0.05) is 17.4 Å². The van der Waals surface area contributed by atoms with Crippen LogP contribution in [0.25, 0.3) is 0 Å². The second kappa shape index (κ2) is 9.84. The summed E-state index contributed by atoms with van der Waals surface area (Å²) in [5.74, 6) is -0.891. The van der Waals surface area contributed by atoms with Crippen LogP contribution in [0.3, 0.4) is 0 Å². The van der Waals surface area contributed by atoms with Crippen LogP contribution < -0.4 is 4.74 Å². The lowest BCUT2D eigenvalue weighted by Crippen LogP contribution is -2.42. The van der Waals surface area contributed by atoms with E-state index < -0.39 is 29.8 Å². The first kappa shape index (κ1) is 21.3. The Balaban J connectivity index is 1.52. The molecule has 0 bridgehead atoms. The lowest BCUT2D eigenvalue weighted by Gasteiger charge is -2.23. The van der Waals surface area contributed by atoms with Gasteiger partial charge in [-0.3, -0.25) is 4.79 Å². The van der Waals surface area contributed by atoms with Crippen molar-refractivity contribution < 1.29 is 28.6 Å². The van der Waals surface area contributed by atoms with Gasteiger partial charge < -0.3 is 19.5 Å². The molecule has 0 saturated carbocycles. The number of benzene rings is 2. The molecule has 1 heterocycles. The Bertz CT molecular complexity index is 878. The van der Waals surface area contributed by atoms with Crippen molar-refractivity contribution >= 4 is 27.8 Å². The summed E-state index contributed by atoms with van der Waals surface area (Å²) in [6.45, 7) is 0.176. The maximum Gasteiger partial charge on any atom is 0.329 e. The number of amides is 1. The van der Waals surface area contributed by atoms with Crippen molar-refractivity contribution in [3.05, 3.63) is 64.4 Å². The number of hydrogen-bond donors (Lipinski definition) is 1. The molecule has 1 aliphatic heterocycles. The van der Waals surface area contributed by atoms with E-state index in [4.69, 9.17) is 9.47 Å². The molecule has 2 aromatic carbocycles. The number of halogens is 2. The first-order chi connectivity index (χ1) is 13.9. The normalized spacial score (nSPS) is 18.5. The third kappa shape index (κ3) is 5.77. The van der Waals surface area contributed by atoms with Crippen LogP contribution in [-0.4, -0.2) is 53.8 Å². The van der Waals surface area contributed by atoms with Crippen LogP contribution in [0.4, 0.5) is 4.39 Å². The molecule has 29 heavy (non-hydrogen) atoms. The van der Waals surface area contributed by atoms with Crippen LogP contribution in [0.15, 0.2) is 53.0 Å². The third-order valence-corrected chi connectivity index (χ3v) is 5.06. The summed E-state index contributed by atoms with van der Waals surface area (Å²) >= 11 is 3.34. The number of rotatable bonds is 7. The zero-order chi connectivity index (χ0) is 20.8. The largest absolute Gasteiger partial charge is 0.490 e. The Hall–Kier alpha value is -2.45. The molecule has 154 valence electrons. The maximum atomic E-state index is 13.8. The number of likely N-dealkylation sites (tertiary alicyclic amines) is 1. The van der Waals surface area contributed by atoms with E-state index in [1.165, 1.54) is 17.0 Å². The van der Waals surface area contributed by atoms with Gasteiger partial charge in [0.25, 0.3) is 0 Å². The Morgan fingerprint density at radius 1 is 1.17 bits per heavy atom. The van der Waals surface area contributed by atoms with E-state index in [1.807, 2.05) is 12.1 Å². The topological polar surface area (TPSA) is 76.1 Å². The number of esters is 1. The molecule has 1 amide bonds. The molecule has 0 aliphatic carbocycles. The second-order valence-electron chi connectivity index (χ2n) is 6.69. The Labute approximate surface area is 176 Å². The highest BCUT2D eigenvalue weighted by molar-refractivity contribution is 9.10. The van der Waals surface area contributed by atoms with Crippen molar-refractivity contribution in [3.8, 4) is 5.75 Å². The number of β-amino-alcohol motifs (C(OH)–C–C–N with tert-alkyl or cyclic N) is 1. The average molecular weight is 466 g/mol. The molecular weight excluding hydrogens is 445 g/mol. The van der Waals surface area contributed by atoms with E-state index in [0.29, 0.717) is 5.75 Å². The van der Waals surface area contributed by atoms with E-state index in [0.717, 1.165) is 4.47 Å². The van der Waals surface area contributed by atoms with Crippen molar-refractivity contribution in [1.82, 2.24) is 4.90 Å². The van der Waals surface area contributed by atoms with E-state index >= 15 is 0 Å². The molecule has 2 unspecified atom stereocenters. The third-order valence-electron chi connectivity index (χ3n) is 4.56. The molecule has 1 aliphatic rings. The summed E-state index contributed by atoms with van der Waals surface area (Å²) in [6, 6.07) is 12.3. The van der Waals surface area contributed by atoms with E-state index in [1.54, 1.807) is 24.3 Å². The van der Waals surface area contributed by atoms with Crippen LogP contribution in [-0.2, 0) is 20.7 Å². The summed E-state index contributed by atoms with van der Waals surface area (Å²) in [7, 11) is 0. The van der Waals surface area contributed by atoms with Gasteiger partial charge in [-0.2, -0.15) is 0 Å². The summed E-state index contributed by atoms with van der Waals surface area (Å²) in [4.78, 5) is 26.3. The minimum Gasteiger partial charge on any atom is -0.490 e. The second-order valence-corrected chi connectivity index (χ2v) is 7.61. The minimum atomic E-state index is -0.893. The van der Waals surface area contributed by atoms with E-state index in [9.17, 15) is 19.1 Å². The molecule has 1 fully saturated rings. The van der Waals surface area contributed by atoms with Crippen molar-refractivity contribution in [2.75, 3.05) is 19.8 Å². The molecule has 3 rings (SSSR count). The van der Waals surface area contributed by atoms with Gasteiger partial charge in [0.15, 0.2) is 0 Å². The predicted molar refractivity (Wildman–Crippen MR) is 107 cm³/mol. The molecule has 2 aromatic rings. The van der Waals surface area contributed by atoms with Crippen molar-refractivity contribution in [2.45, 2.75) is 25.0 Å². The first-order valence-corrected chi connectivity index (χ1v) is 9.99. The number of aliphatic hydroxyl groups is 1. The molecule has 1 saturated heterocycles. The van der Waals surface area contributed by atoms with Gasteiger partial charge in [-0.05, 0) is 29.8 Å². The van der Waals surface area contributed by atoms with Crippen molar-refractivity contribution in [1.29, 1.82) is 0 Å². The van der Waals surface area contributed by atoms with Gasteiger partial charge in [-0.25, -0.2) is 9.18 Å². The maximum absolute atomic E-state index is 13.8. The number of nitrogens with zero attached hydrogens (tertiary/aromatic N) is 1. The smallest absolute Gasteiger partial charge is 0.329 e. The Morgan fingerprint density at radius 2 is 1.97 bits per heavy atom. The quantitative estimate of drug-likeness (QED) is 0.502. The van der Waals surface area contributed by atoms with Crippen molar-refractivity contribution in [3.63, 3.8) is 0 Å². The number of carbonyl (C=O) groups excluding carboxylic acids is 2. The molecule has 6 nitrogen and oxygen atoms in total. The van der Waals surface area contributed by atoms with Gasteiger partial charge in [0.2, 0.25) is 5.91 Å². The monoisotopic (exact) mass is 465 g/mol. The molecule has 0 spiro atoms. The number of hydrogen-bond acceptors (Lipinski definition) is 5. The number of carbonyl (C=O) groups is 2. The molecular formula is C21H21BrFNO5. The predicted octanol–water partition coefficient (Wildman–Crippen LogP) is 2.71. The van der Waals surface area contributed by atoms with Gasteiger partial charge in [-0.1, -0.05) is 40.2 Å². The average Bonchev–Trinajstić information content (AvgIpc) is 3.09. The summed E-state index contributed by atoms with van der Waals surface area (Å²) in [5, 5.41) is 9.93. The van der Waals surface area contributed by atoms with Crippen LogP contribution >= 0.6 is 15.9 Å². The Kier molecular flexibility index (Phi) is 7.22. The molecule has 2 atom stereocenters. The SMILES string of the molecule is O=C(OCCOc1cccc(Br)c1)C1CC(O)CN1C(=O)Cc1ccccc1F. The zero-order valence-corrected chi connectivity index (χ0v) is 17.2. The molecule has 0 radical (unpaired) electrons. The fourth-order valence-corrected chi connectivity index (χ4v) is 3.55. The van der Waals surface area contributed by atoms with E-state index in [2.05, 4.69) is 15.9 Å². The van der Waals surface area contributed by atoms with Crippen LogP contribution in [0.2, 0.25) is 0 Å². The highest BCUT2D eigenvalue weighted by Crippen LogP contribution is 2.22. The standard InChI is InChI=1S/C21H21BrFNO5/c22-15-5-3-6-17(11-15)28-8-9-29-21(27)19-12-16(25)13-24(19)20(26)10-14-4-1-2-7-18(14)23/h1-7,11,16,19,25H,8-10,12-13H2. The van der Waals surface area contributed by atoms with Gasteiger partial charge in [-0.15, -0.1) is 0 Å². The molecule has 8 heteroatoms. The van der Waals surface area contributed by atoms with Crippen LogP contribution in [0.1, 0.15) is 12.0 Å². The highest BCUT2D eigenvalue weighted by Gasteiger charge is 2.39. The van der Waals surface area contributed by atoms with Gasteiger partial charge in [0.1, 0.15) is 30.8 Å². The molecule has 0 aromatic heterocycles. The van der Waals surface area contributed by atoms with Crippen molar-refractivity contribution in [2.24, 2.45) is 0 Å². The lowest BCUT2D eigenvalue weighted by atomic mass is 10.1. The molecule has 1 N–H and O–H groups in total. The lowest BCUT2D eigenvalue weighted by molar-refractivity contribution is -0.153. The van der Waals surface area contributed by atoms with Gasteiger partial charge in [0.05, 0.1) is 12.5 Å². The fourth-order valence-electron chi connectivity index (χ4n) is 3.17. The van der Waals surface area contributed by atoms with Crippen LogP contribution in [0, 0.1) is 5.82 Å². The van der Waals surface area contributed by atoms with Crippen LogP contribution in [0.5, 0.6) is 5.75 Å². The summed E-state index contributed by atoms with van der Waals surface area (Å²) in [6.07, 6.45) is -0.918. The summed E-state index contributed by atoms with van der Waals surface area (Å²) in [5.41, 5.74) is 0.244. The zero-order valence-electron chi connectivity index (χ0n) is 15.6. The Morgan fingerprint density at radius 3 is 2.72 bits per heavy atom. The highest BCUT2D eigenvalue weighted by atomic mass is 79.9. The van der Waals surface area contributed by atoms with Gasteiger partial charge >= 0.3 is 5.97 Å². The fraction of sp³-hybridized carbons (Fsp3) is 0.333. The minimum absolute atomic E-state index is 0.00723. The number of aliphatic hydroxyl groups excluding tert-OH is 1. The number of ether oxygens (including phenoxy) is 2. The summed E-state index contributed by atoms with van der Waals surface area (Å²) < 4.78 is 25.4. The van der Waals surface area contributed by atoms with E-state index in [-0.39, 0.29) is 38.2 Å².